The zero-order valence-electron chi connectivity index (χ0n) is 9.97. The fourth-order valence-corrected chi connectivity index (χ4v) is 2.14. The Balaban J connectivity index is 2.09. The zero-order chi connectivity index (χ0) is 10.4. The summed E-state index contributed by atoms with van der Waals surface area (Å²) in [7, 11) is 0. The Kier molecular flexibility index (Phi) is 5.49. The summed E-state index contributed by atoms with van der Waals surface area (Å²) >= 11 is 0. The molecule has 0 aliphatic heterocycles. The summed E-state index contributed by atoms with van der Waals surface area (Å²) in [6.45, 7) is 7.78. The van der Waals surface area contributed by atoms with Crippen LogP contribution < -0.4 is 10.6 Å². The summed E-state index contributed by atoms with van der Waals surface area (Å²) in [4.78, 5) is 0. The maximum Gasteiger partial charge on any atom is 0.0166 e. The van der Waals surface area contributed by atoms with Crippen molar-refractivity contribution in [3.05, 3.63) is 0 Å². The average molecular weight is 198 g/mol. The van der Waals surface area contributed by atoms with Gasteiger partial charge in [0, 0.05) is 24.7 Å². The van der Waals surface area contributed by atoms with Crippen LogP contribution in [0.2, 0.25) is 0 Å². The molecule has 1 fully saturated rings. The van der Waals surface area contributed by atoms with Gasteiger partial charge in [0.15, 0.2) is 0 Å². The van der Waals surface area contributed by atoms with Crippen LogP contribution in [-0.4, -0.2) is 24.7 Å². The molecule has 0 aromatic rings. The van der Waals surface area contributed by atoms with E-state index < -0.39 is 0 Å². The molecule has 0 spiro atoms. The highest BCUT2D eigenvalue weighted by Gasteiger charge is 2.14. The zero-order valence-corrected chi connectivity index (χ0v) is 9.97. The van der Waals surface area contributed by atoms with Gasteiger partial charge in [0.25, 0.3) is 0 Å². The molecule has 1 aliphatic rings. The van der Waals surface area contributed by atoms with Crippen molar-refractivity contribution >= 4 is 0 Å². The Hall–Kier alpha value is -0.0800. The van der Waals surface area contributed by atoms with Gasteiger partial charge >= 0.3 is 0 Å². The molecule has 84 valence electrons. The fourth-order valence-electron chi connectivity index (χ4n) is 2.14. The first kappa shape index (κ1) is 12.0. The van der Waals surface area contributed by atoms with Crippen molar-refractivity contribution in [2.75, 3.05) is 6.54 Å². The van der Waals surface area contributed by atoms with Gasteiger partial charge in [-0.15, -0.1) is 0 Å². The lowest BCUT2D eigenvalue weighted by atomic mass is 9.95. The molecular weight excluding hydrogens is 172 g/mol. The van der Waals surface area contributed by atoms with Gasteiger partial charge in [0.1, 0.15) is 0 Å². The van der Waals surface area contributed by atoms with Crippen LogP contribution in [0.3, 0.4) is 0 Å². The first-order valence-corrected chi connectivity index (χ1v) is 6.18. The van der Waals surface area contributed by atoms with Crippen LogP contribution in [0, 0.1) is 0 Å². The second kappa shape index (κ2) is 6.41. The van der Waals surface area contributed by atoms with Gasteiger partial charge in [-0.05, 0) is 19.8 Å². The molecule has 0 aromatic carbocycles. The van der Waals surface area contributed by atoms with Gasteiger partial charge in [-0.3, -0.25) is 0 Å². The molecule has 0 heterocycles. The maximum absolute atomic E-state index is 3.71. The minimum absolute atomic E-state index is 0.602. The first-order valence-electron chi connectivity index (χ1n) is 6.18. The van der Waals surface area contributed by atoms with E-state index in [2.05, 4.69) is 31.4 Å². The Labute approximate surface area is 88.8 Å². The van der Waals surface area contributed by atoms with Crippen LogP contribution in [0.5, 0.6) is 0 Å². The molecule has 2 N–H and O–H groups in total. The lowest BCUT2D eigenvalue weighted by Gasteiger charge is -2.27. The quantitative estimate of drug-likeness (QED) is 0.708. The molecule has 1 rings (SSSR count). The third-order valence-electron chi connectivity index (χ3n) is 2.96. The molecule has 14 heavy (non-hydrogen) atoms. The Morgan fingerprint density at radius 3 is 2.29 bits per heavy atom. The van der Waals surface area contributed by atoms with Crippen molar-refractivity contribution in [2.45, 2.75) is 71.0 Å². The molecule has 1 saturated carbocycles. The van der Waals surface area contributed by atoms with Gasteiger partial charge in [0.05, 0.1) is 0 Å². The van der Waals surface area contributed by atoms with Gasteiger partial charge in [-0.2, -0.15) is 0 Å². The van der Waals surface area contributed by atoms with Crippen molar-refractivity contribution in [3.63, 3.8) is 0 Å². The highest BCUT2D eigenvalue weighted by Crippen LogP contribution is 2.17. The van der Waals surface area contributed by atoms with Gasteiger partial charge in [0.2, 0.25) is 0 Å². The minimum atomic E-state index is 0.602. The van der Waals surface area contributed by atoms with Gasteiger partial charge in [-0.25, -0.2) is 0 Å². The summed E-state index contributed by atoms with van der Waals surface area (Å²) in [6, 6.07) is 2.00. The lowest BCUT2D eigenvalue weighted by molar-refractivity contribution is 0.334. The van der Waals surface area contributed by atoms with Crippen molar-refractivity contribution in [1.29, 1.82) is 0 Å². The summed E-state index contributed by atoms with van der Waals surface area (Å²) in [5.41, 5.74) is 0. The molecule has 1 aliphatic carbocycles. The first-order chi connectivity index (χ1) is 6.68. The predicted octanol–water partition coefficient (Wildman–Crippen LogP) is 2.30. The van der Waals surface area contributed by atoms with E-state index >= 15 is 0 Å². The van der Waals surface area contributed by atoms with E-state index in [1.54, 1.807) is 0 Å². The van der Waals surface area contributed by atoms with E-state index in [9.17, 15) is 0 Å². The Morgan fingerprint density at radius 1 is 1.07 bits per heavy atom. The largest absolute Gasteiger partial charge is 0.313 e. The predicted molar refractivity (Wildman–Crippen MR) is 62.6 cm³/mol. The molecule has 2 heteroatoms. The Morgan fingerprint density at radius 2 is 1.71 bits per heavy atom. The average Bonchev–Trinajstić information content (AvgIpc) is 2.16. The molecule has 0 bridgehead atoms. The van der Waals surface area contributed by atoms with E-state index in [-0.39, 0.29) is 0 Å². The third kappa shape index (κ3) is 4.97. The second-order valence-corrected chi connectivity index (χ2v) is 4.97. The Bertz CT molecular complexity index is 139. The van der Waals surface area contributed by atoms with E-state index in [4.69, 9.17) is 0 Å². The standard InChI is InChI=1S/C12H26N2/c1-10(2)13-9-11(3)14-12-7-5-4-6-8-12/h10-14H,4-9H2,1-3H3. The molecule has 2 nitrogen and oxygen atoms in total. The number of nitrogens with one attached hydrogen (secondary N) is 2. The topological polar surface area (TPSA) is 24.1 Å². The van der Waals surface area contributed by atoms with E-state index in [0.717, 1.165) is 12.6 Å². The molecule has 0 radical (unpaired) electrons. The van der Waals surface area contributed by atoms with Crippen molar-refractivity contribution in [3.8, 4) is 0 Å². The van der Waals surface area contributed by atoms with Crippen molar-refractivity contribution in [2.24, 2.45) is 0 Å². The molecular formula is C12H26N2. The van der Waals surface area contributed by atoms with Gasteiger partial charge in [-0.1, -0.05) is 33.1 Å². The van der Waals surface area contributed by atoms with E-state index in [0.29, 0.717) is 12.1 Å². The fraction of sp³-hybridized carbons (Fsp3) is 1.00. The molecule has 1 unspecified atom stereocenters. The van der Waals surface area contributed by atoms with Crippen LogP contribution in [0.25, 0.3) is 0 Å². The lowest BCUT2D eigenvalue weighted by Crippen LogP contribution is -2.44. The number of hydrogen-bond donors (Lipinski definition) is 2. The van der Waals surface area contributed by atoms with Crippen LogP contribution in [0.15, 0.2) is 0 Å². The molecule has 0 amide bonds. The SMILES string of the molecule is CC(C)NCC(C)NC1CCCCC1. The van der Waals surface area contributed by atoms with Crippen LogP contribution in [-0.2, 0) is 0 Å². The molecule has 0 aromatic heterocycles. The highest BCUT2D eigenvalue weighted by molar-refractivity contribution is 4.76. The van der Waals surface area contributed by atoms with Crippen molar-refractivity contribution < 1.29 is 0 Å². The van der Waals surface area contributed by atoms with Crippen molar-refractivity contribution in [1.82, 2.24) is 10.6 Å². The summed E-state index contributed by atoms with van der Waals surface area (Å²) in [5.74, 6) is 0. The number of hydrogen-bond acceptors (Lipinski definition) is 2. The van der Waals surface area contributed by atoms with Crippen LogP contribution in [0.4, 0.5) is 0 Å². The maximum atomic E-state index is 3.71. The summed E-state index contributed by atoms with van der Waals surface area (Å²) in [6.07, 6.45) is 7.04. The monoisotopic (exact) mass is 198 g/mol. The third-order valence-corrected chi connectivity index (χ3v) is 2.96. The molecule has 0 saturated heterocycles. The minimum Gasteiger partial charge on any atom is -0.313 e. The van der Waals surface area contributed by atoms with Crippen LogP contribution in [0.1, 0.15) is 52.9 Å². The normalized spacial score (nSPS) is 21.4. The number of rotatable bonds is 5. The smallest absolute Gasteiger partial charge is 0.0166 e. The molecule has 1 atom stereocenters. The summed E-state index contributed by atoms with van der Waals surface area (Å²) in [5, 5.41) is 7.18. The van der Waals surface area contributed by atoms with E-state index in [1.807, 2.05) is 0 Å². The van der Waals surface area contributed by atoms with E-state index in [1.165, 1.54) is 32.1 Å². The highest BCUT2D eigenvalue weighted by atomic mass is 15.0. The summed E-state index contributed by atoms with van der Waals surface area (Å²) < 4.78 is 0. The van der Waals surface area contributed by atoms with Crippen LogP contribution >= 0.6 is 0 Å². The van der Waals surface area contributed by atoms with Gasteiger partial charge < -0.3 is 10.6 Å². The second-order valence-electron chi connectivity index (χ2n) is 4.97.